The summed E-state index contributed by atoms with van der Waals surface area (Å²) >= 11 is 0. The van der Waals surface area contributed by atoms with Crippen LogP contribution in [0, 0.1) is 0 Å². The third-order valence-corrected chi connectivity index (χ3v) is 2.58. The van der Waals surface area contributed by atoms with Gasteiger partial charge in [0.05, 0.1) is 18.8 Å². The van der Waals surface area contributed by atoms with Crippen molar-refractivity contribution in [3.05, 3.63) is 35.9 Å². The Hall–Kier alpha value is -0.860. The van der Waals surface area contributed by atoms with Crippen molar-refractivity contribution < 1.29 is 9.47 Å². The third kappa shape index (κ3) is 2.34. The number of hydrogen-bond acceptors (Lipinski definition) is 2. The smallest absolute Gasteiger partial charge is 0.110 e. The van der Waals surface area contributed by atoms with Crippen LogP contribution in [0.5, 0.6) is 0 Å². The van der Waals surface area contributed by atoms with E-state index in [2.05, 4.69) is 26.0 Å². The number of hydrogen-bond donors (Lipinski definition) is 0. The lowest BCUT2D eigenvalue weighted by molar-refractivity contribution is 0.0340. The minimum atomic E-state index is 0.199. The molecule has 0 spiro atoms. The van der Waals surface area contributed by atoms with Crippen molar-refractivity contribution in [2.45, 2.75) is 38.8 Å². The molecule has 1 fully saturated rings. The topological polar surface area (TPSA) is 21.8 Å². The fraction of sp³-hybridized carbons (Fsp3) is 0.500. The van der Waals surface area contributed by atoms with Crippen LogP contribution in [0.4, 0.5) is 0 Å². The van der Waals surface area contributed by atoms with Crippen LogP contribution in [0.3, 0.4) is 0 Å². The maximum absolute atomic E-state index is 5.70. The van der Waals surface area contributed by atoms with E-state index in [4.69, 9.17) is 9.47 Å². The van der Waals surface area contributed by atoms with Gasteiger partial charge in [-0.25, -0.2) is 0 Å². The van der Waals surface area contributed by atoms with E-state index < -0.39 is 0 Å². The number of epoxide rings is 1. The highest BCUT2D eigenvalue weighted by molar-refractivity contribution is 5.13. The molecule has 14 heavy (non-hydrogen) atoms. The van der Waals surface area contributed by atoms with Crippen LogP contribution >= 0.6 is 0 Å². The molecule has 1 aliphatic heterocycles. The second-order valence-corrected chi connectivity index (χ2v) is 3.81. The zero-order valence-corrected chi connectivity index (χ0v) is 8.64. The van der Waals surface area contributed by atoms with Crippen LogP contribution in [0.2, 0.25) is 0 Å². The Bertz CT molecular complexity index is 284. The predicted octanol–water partition coefficient (Wildman–Crippen LogP) is 2.38. The highest BCUT2D eigenvalue weighted by Crippen LogP contribution is 2.26. The molecule has 1 aromatic rings. The lowest BCUT2D eigenvalue weighted by atomic mass is 10.2. The van der Waals surface area contributed by atoms with Gasteiger partial charge < -0.3 is 9.47 Å². The van der Waals surface area contributed by atoms with E-state index >= 15 is 0 Å². The Labute approximate surface area is 84.8 Å². The van der Waals surface area contributed by atoms with Gasteiger partial charge in [0.25, 0.3) is 0 Å². The summed E-state index contributed by atoms with van der Waals surface area (Å²) in [6.45, 7) is 4.82. The van der Waals surface area contributed by atoms with Gasteiger partial charge in [-0.05, 0) is 19.4 Å². The molecule has 1 saturated heterocycles. The van der Waals surface area contributed by atoms with Crippen LogP contribution < -0.4 is 0 Å². The van der Waals surface area contributed by atoms with Gasteiger partial charge in [-0.15, -0.1) is 0 Å². The quantitative estimate of drug-likeness (QED) is 0.683. The average Bonchev–Trinajstić information content (AvgIpc) is 2.94. The molecule has 76 valence electrons. The zero-order valence-electron chi connectivity index (χ0n) is 8.64. The number of ether oxygens (including phenoxy) is 2. The molecule has 1 unspecified atom stereocenters. The zero-order chi connectivity index (χ0) is 9.97. The first-order chi connectivity index (χ1) is 6.77. The molecular weight excluding hydrogens is 176 g/mol. The van der Waals surface area contributed by atoms with E-state index in [1.807, 2.05) is 18.2 Å². The molecule has 2 heteroatoms. The summed E-state index contributed by atoms with van der Waals surface area (Å²) in [5, 5.41) is 0. The standard InChI is InChI=1S/C12H16O2/c1-9(12-10(2)14-12)13-8-11-6-4-3-5-7-11/h3-7,9-10,12H,8H2,1-2H3/t9?,10-,12-/m0/s1. The number of rotatable bonds is 4. The van der Waals surface area contributed by atoms with Crippen molar-refractivity contribution in [1.29, 1.82) is 0 Å². The predicted molar refractivity (Wildman–Crippen MR) is 55.0 cm³/mol. The van der Waals surface area contributed by atoms with Gasteiger partial charge in [0.2, 0.25) is 0 Å². The Balaban J connectivity index is 1.77. The highest BCUT2D eigenvalue weighted by atomic mass is 16.6. The van der Waals surface area contributed by atoms with Gasteiger partial charge in [0.15, 0.2) is 0 Å². The summed E-state index contributed by atoms with van der Waals surface area (Å²) in [5.41, 5.74) is 1.22. The van der Waals surface area contributed by atoms with Gasteiger partial charge in [-0.3, -0.25) is 0 Å². The second kappa shape index (κ2) is 4.11. The molecule has 0 N–H and O–H groups in total. The first-order valence-electron chi connectivity index (χ1n) is 5.08. The molecular formula is C12H16O2. The molecule has 0 radical (unpaired) electrons. The molecule has 0 bridgehead atoms. The van der Waals surface area contributed by atoms with E-state index in [9.17, 15) is 0 Å². The van der Waals surface area contributed by atoms with Crippen LogP contribution in [0.15, 0.2) is 30.3 Å². The van der Waals surface area contributed by atoms with Crippen LogP contribution in [0.1, 0.15) is 19.4 Å². The van der Waals surface area contributed by atoms with Crippen molar-refractivity contribution in [2.24, 2.45) is 0 Å². The third-order valence-electron chi connectivity index (χ3n) is 2.58. The summed E-state index contributed by atoms with van der Waals surface area (Å²) < 4.78 is 11.0. The molecule has 1 aliphatic rings. The Morgan fingerprint density at radius 2 is 2.00 bits per heavy atom. The molecule has 0 saturated carbocycles. The SMILES string of the molecule is CC(OCc1ccccc1)[C@@H]1O[C@H]1C. The Kier molecular flexibility index (Phi) is 2.85. The van der Waals surface area contributed by atoms with Crippen LogP contribution in [-0.2, 0) is 16.1 Å². The molecule has 1 aromatic carbocycles. The number of benzene rings is 1. The highest BCUT2D eigenvalue weighted by Gasteiger charge is 2.39. The van der Waals surface area contributed by atoms with E-state index in [1.165, 1.54) is 5.56 Å². The van der Waals surface area contributed by atoms with Crippen molar-refractivity contribution >= 4 is 0 Å². The normalized spacial score (nSPS) is 27.3. The molecule has 0 amide bonds. The van der Waals surface area contributed by atoms with Crippen molar-refractivity contribution in [2.75, 3.05) is 0 Å². The minimum Gasteiger partial charge on any atom is -0.371 e. The lowest BCUT2D eigenvalue weighted by Crippen LogP contribution is -2.16. The first-order valence-corrected chi connectivity index (χ1v) is 5.08. The maximum Gasteiger partial charge on any atom is 0.110 e. The van der Waals surface area contributed by atoms with Gasteiger partial charge in [0, 0.05) is 0 Å². The largest absolute Gasteiger partial charge is 0.371 e. The minimum absolute atomic E-state index is 0.199. The fourth-order valence-electron chi connectivity index (χ4n) is 1.59. The molecule has 1 heterocycles. The first kappa shape index (κ1) is 9.69. The van der Waals surface area contributed by atoms with Crippen molar-refractivity contribution in [3.8, 4) is 0 Å². The van der Waals surface area contributed by atoms with Crippen molar-refractivity contribution in [3.63, 3.8) is 0 Å². The van der Waals surface area contributed by atoms with E-state index in [-0.39, 0.29) is 6.10 Å². The second-order valence-electron chi connectivity index (χ2n) is 3.81. The fourth-order valence-corrected chi connectivity index (χ4v) is 1.59. The molecule has 2 nitrogen and oxygen atoms in total. The lowest BCUT2D eigenvalue weighted by Gasteiger charge is -2.10. The summed E-state index contributed by atoms with van der Waals surface area (Å²) in [6, 6.07) is 10.2. The summed E-state index contributed by atoms with van der Waals surface area (Å²) in [7, 11) is 0. The summed E-state index contributed by atoms with van der Waals surface area (Å²) in [4.78, 5) is 0. The van der Waals surface area contributed by atoms with Crippen molar-refractivity contribution in [1.82, 2.24) is 0 Å². The van der Waals surface area contributed by atoms with Crippen LogP contribution in [-0.4, -0.2) is 18.3 Å². The van der Waals surface area contributed by atoms with Gasteiger partial charge >= 0.3 is 0 Å². The van der Waals surface area contributed by atoms with E-state index in [0.29, 0.717) is 18.8 Å². The maximum atomic E-state index is 5.70. The summed E-state index contributed by atoms with van der Waals surface area (Å²) in [6.07, 6.45) is 0.879. The Morgan fingerprint density at radius 1 is 1.36 bits per heavy atom. The summed E-state index contributed by atoms with van der Waals surface area (Å²) in [5.74, 6) is 0. The van der Waals surface area contributed by atoms with Gasteiger partial charge in [0.1, 0.15) is 6.10 Å². The van der Waals surface area contributed by atoms with Gasteiger partial charge in [-0.2, -0.15) is 0 Å². The van der Waals surface area contributed by atoms with E-state index in [1.54, 1.807) is 0 Å². The van der Waals surface area contributed by atoms with Crippen LogP contribution in [0.25, 0.3) is 0 Å². The molecule has 2 rings (SSSR count). The molecule has 0 aliphatic carbocycles. The molecule has 0 aromatic heterocycles. The monoisotopic (exact) mass is 192 g/mol. The average molecular weight is 192 g/mol. The van der Waals surface area contributed by atoms with Gasteiger partial charge in [-0.1, -0.05) is 30.3 Å². The Morgan fingerprint density at radius 3 is 2.57 bits per heavy atom. The van der Waals surface area contributed by atoms with E-state index in [0.717, 1.165) is 0 Å². The molecule has 3 atom stereocenters.